The lowest BCUT2D eigenvalue weighted by Crippen LogP contribution is -2.33. The smallest absolute Gasteiger partial charge is 0.272 e. The van der Waals surface area contributed by atoms with Crippen molar-refractivity contribution in [3.05, 3.63) is 89.1 Å². The van der Waals surface area contributed by atoms with E-state index in [-0.39, 0.29) is 28.2 Å². The topological polar surface area (TPSA) is 135 Å². The van der Waals surface area contributed by atoms with Crippen molar-refractivity contribution in [2.45, 2.75) is 31.4 Å². The zero-order valence-corrected chi connectivity index (χ0v) is 20.5. The van der Waals surface area contributed by atoms with E-state index in [1.165, 1.54) is 10.7 Å². The van der Waals surface area contributed by atoms with Gasteiger partial charge in [0.1, 0.15) is 11.6 Å². The molecule has 5 N–H and O–H groups in total. The van der Waals surface area contributed by atoms with Gasteiger partial charge in [0.15, 0.2) is 5.69 Å². The van der Waals surface area contributed by atoms with Gasteiger partial charge in [-0.05, 0) is 55.7 Å². The van der Waals surface area contributed by atoms with Crippen molar-refractivity contribution in [1.29, 1.82) is 0 Å². The molecular formula is C27H25ClN6O3. The molecule has 4 aromatic rings. The average molecular weight is 517 g/mol. The van der Waals surface area contributed by atoms with Crippen molar-refractivity contribution in [2.75, 3.05) is 11.1 Å². The van der Waals surface area contributed by atoms with Gasteiger partial charge in [-0.25, -0.2) is 9.67 Å². The molecule has 0 radical (unpaired) electrons. The Morgan fingerprint density at radius 1 is 1.00 bits per heavy atom. The minimum atomic E-state index is -0.473. The largest absolute Gasteiger partial charge is 0.393 e. The van der Waals surface area contributed by atoms with Crippen LogP contribution in [0, 0.1) is 0 Å². The Labute approximate surface area is 218 Å². The van der Waals surface area contributed by atoms with E-state index in [4.69, 9.17) is 17.3 Å². The number of carbonyl (C=O) groups is 2. The Morgan fingerprint density at radius 2 is 1.81 bits per heavy atom. The van der Waals surface area contributed by atoms with Crippen LogP contribution in [-0.2, 0) is 0 Å². The first-order valence-corrected chi connectivity index (χ1v) is 12.2. The molecule has 0 saturated heterocycles. The van der Waals surface area contributed by atoms with Crippen LogP contribution in [0.1, 0.15) is 40.1 Å². The van der Waals surface area contributed by atoms with E-state index in [9.17, 15) is 14.7 Å². The van der Waals surface area contributed by atoms with Crippen LogP contribution in [0.25, 0.3) is 16.9 Å². The minimum Gasteiger partial charge on any atom is -0.393 e. The number of nitrogen functional groups attached to an aromatic ring is 1. The van der Waals surface area contributed by atoms with Crippen LogP contribution >= 0.6 is 11.6 Å². The summed E-state index contributed by atoms with van der Waals surface area (Å²) in [5.74, 6) is -0.185. The Kier molecular flexibility index (Phi) is 6.89. The standard InChI is InChI=1S/C27H25ClN6O3/c28-21-12-9-16(22-7-4-8-24(29)31-22)13-20(21)26(36)32-25-15-23(27(37)30-17-10-11-19(35)14-17)33-34(25)18-5-2-1-3-6-18/h1-9,12-13,15,17,19,35H,10-11,14H2,(H2,29,31)(H,30,37)(H,32,36)/t17-,19+/m0/s1. The van der Waals surface area contributed by atoms with Gasteiger partial charge < -0.3 is 21.5 Å². The zero-order chi connectivity index (χ0) is 25.9. The van der Waals surface area contributed by atoms with Crippen molar-refractivity contribution in [3.8, 4) is 16.9 Å². The summed E-state index contributed by atoms with van der Waals surface area (Å²) >= 11 is 6.38. The highest BCUT2D eigenvalue weighted by Crippen LogP contribution is 2.27. The van der Waals surface area contributed by atoms with E-state index < -0.39 is 12.0 Å². The third-order valence-electron chi connectivity index (χ3n) is 6.20. The molecule has 1 fully saturated rings. The summed E-state index contributed by atoms with van der Waals surface area (Å²) < 4.78 is 1.49. The summed E-state index contributed by atoms with van der Waals surface area (Å²) in [6.07, 6.45) is 1.44. The van der Waals surface area contributed by atoms with Crippen LogP contribution in [0.2, 0.25) is 5.02 Å². The molecule has 0 spiro atoms. The molecule has 1 saturated carbocycles. The van der Waals surface area contributed by atoms with E-state index in [2.05, 4.69) is 20.7 Å². The molecule has 37 heavy (non-hydrogen) atoms. The molecule has 0 unspecified atom stereocenters. The summed E-state index contributed by atoms with van der Waals surface area (Å²) in [5.41, 5.74) is 8.14. The van der Waals surface area contributed by atoms with Crippen molar-refractivity contribution in [2.24, 2.45) is 0 Å². The molecule has 0 aliphatic heterocycles. The predicted octanol–water partition coefficient (Wildman–Crippen LogP) is 4.07. The quantitative estimate of drug-likeness (QED) is 0.305. The Bertz CT molecular complexity index is 1460. The number of rotatable bonds is 6. The minimum absolute atomic E-state index is 0.121. The molecule has 1 aliphatic carbocycles. The maximum absolute atomic E-state index is 13.4. The number of aliphatic hydroxyl groups is 1. The van der Waals surface area contributed by atoms with Gasteiger partial charge in [-0.3, -0.25) is 9.59 Å². The molecule has 2 amide bonds. The molecule has 2 heterocycles. The molecular weight excluding hydrogens is 492 g/mol. The molecule has 9 nitrogen and oxygen atoms in total. The number of para-hydroxylation sites is 1. The van der Waals surface area contributed by atoms with E-state index in [1.807, 2.05) is 30.3 Å². The fourth-order valence-electron chi connectivity index (χ4n) is 4.35. The Hall–Kier alpha value is -4.21. The molecule has 10 heteroatoms. The molecule has 5 rings (SSSR count). The number of amides is 2. The summed E-state index contributed by atoms with van der Waals surface area (Å²) in [7, 11) is 0. The van der Waals surface area contributed by atoms with Crippen LogP contribution in [0.4, 0.5) is 11.6 Å². The van der Waals surface area contributed by atoms with Crippen LogP contribution in [-0.4, -0.2) is 43.8 Å². The van der Waals surface area contributed by atoms with Gasteiger partial charge in [-0.15, -0.1) is 0 Å². The van der Waals surface area contributed by atoms with Gasteiger partial charge in [0.25, 0.3) is 11.8 Å². The second-order valence-electron chi connectivity index (χ2n) is 8.90. The zero-order valence-electron chi connectivity index (χ0n) is 19.8. The SMILES string of the molecule is Nc1cccc(-c2ccc(Cl)c(C(=O)Nc3cc(C(=O)N[C@H]4CC[C@@H](O)C4)nn3-c3ccccc3)c2)n1. The maximum Gasteiger partial charge on any atom is 0.272 e. The monoisotopic (exact) mass is 516 g/mol. The van der Waals surface area contributed by atoms with Gasteiger partial charge in [-0.2, -0.15) is 5.10 Å². The summed E-state index contributed by atoms with van der Waals surface area (Å²) in [5, 5.41) is 20.3. The number of halogens is 1. The number of pyridine rings is 1. The lowest BCUT2D eigenvalue weighted by Gasteiger charge is -2.11. The van der Waals surface area contributed by atoms with Crippen molar-refractivity contribution in [1.82, 2.24) is 20.1 Å². The lowest BCUT2D eigenvalue weighted by molar-refractivity contribution is 0.0927. The molecule has 2 aromatic carbocycles. The molecule has 0 bridgehead atoms. The number of nitrogens with zero attached hydrogens (tertiary/aromatic N) is 3. The highest BCUT2D eigenvalue weighted by Gasteiger charge is 2.26. The first-order chi connectivity index (χ1) is 17.9. The van der Waals surface area contributed by atoms with Crippen molar-refractivity contribution < 1.29 is 14.7 Å². The summed E-state index contributed by atoms with van der Waals surface area (Å²) in [6.45, 7) is 0. The number of nitrogens with two attached hydrogens (primary N) is 1. The van der Waals surface area contributed by atoms with E-state index in [1.54, 1.807) is 36.4 Å². The molecule has 1 aliphatic rings. The first-order valence-electron chi connectivity index (χ1n) is 11.9. The summed E-state index contributed by atoms with van der Waals surface area (Å²) in [6, 6.07) is 20.8. The molecule has 2 atom stereocenters. The van der Waals surface area contributed by atoms with Gasteiger partial charge >= 0.3 is 0 Å². The predicted molar refractivity (Wildman–Crippen MR) is 142 cm³/mol. The average Bonchev–Trinajstić information content (AvgIpc) is 3.50. The van der Waals surface area contributed by atoms with E-state index >= 15 is 0 Å². The Balaban J connectivity index is 1.44. The fraction of sp³-hybridized carbons (Fsp3) is 0.185. The normalized spacial score (nSPS) is 16.9. The lowest BCUT2D eigenvalue weighted by atomic mass is 10.1. The number of hydrogen-bond donors (Lipinski definition) is 4. The third-order valence-corrected chi connectivity index (χ3v) is 6.53. The van der Waals surface area contributed by atoms with Gasteiger partial charge in [-0.1, -0.05) is 41.9 Å². The number of aliphatic hydroxyl groups excluding tert-OH is 1. The molecule has 2 aromatic heterocycles. The summed E-state index contributed by atoms with van der Waals surface area (Å²) in [4.78, 5) is 30.6. The highest BCUT2D eigenvalue weighted by molar-refractivity contribution is 6.34. The highest BCUT2D eigenvalue weighted by atomic mass is 35.5. The van der Waals surface area contributed by atoms with Gasteiger partial charge in [0.05, 0.1) is 28.1 Å². The van der Waals surface area contributed by atoms with Crippen LogP contribution in [0.5, 0.6) is 0 Å². The van der Waals surface area contributed by atoms with Crippen LogP contribution in [0.3, 0.4) is 0 Å². The number of benzene rings is 2. The van der Waals surface area contributed by atoms with Crippen molar-refractivity contribution >= 4 is 35.1 Å². The maximum atomic E-state index is 13.4. The van der Waals surface area contributed by atoms with Crippen LogP contribution in [0.15, 0.2) is 72.8 Å². The Morgan fingerprint density at radius 3 is 2.54 bits per heavy atom. The fourth-order valence-corrected chi connectivity index (χ4v) is 4.55. The number of aromatic nitrogens is 3. The second kappa shape index (κ2) is 10.4. The number of hydrogen-bond acceptors (Lipinski definition) is 6. The van der Waals surface area contributed by atoms with E-state index in [0.29, 0.717) is 47.8 Å². The third kappa shape index (κ3) is 5.47. The van der Waals surface area contributed by atoms with Gasteiger partial charge in [0.2, 0.25) is 0 Å². The number of nitrogens with one attached hydrogen (secondary N) is 2. The number of anilines is 2. The van der Waals surface area contributed by atoms with Crippen molar-refractivity contribution in [3.63, 3.8) is 0 Å². The second-order valence-corrected chi connectivity index (χ2v) is 9.30. The van der Waals surface area contributed by atoms with Crippen LogP contribution < -0.4 is 16.4 Å². The van der Waals surface area contributed by atoms with E-state index in [0.717, 1.165) is 0 Å². The van der Waals surface area contributed by atoms with Gasteiger partial charge in [0, 0.05) is 17.7 Å². The first kappa shape index (κ1) is 24.5. The molecule has 188 valence electrons. The number of carbonyl (C=O) groups excluding carboxylic acids is 2.